The van der Waals surface area contributed by atoms with Crippen LogP contribution in [0.4, 0.5) is 9.59 Å². The zero-order chi connectivity index (χ0) is 29.5. The molecular formula is C32H68O6. The Morgan fingerprint density at radius 3 is 0.553 bits per heavy atom. The number of unbranched alkanes of at least 4 members (excludes halogenated alkanes) is 18. The lowest BCUT2D eigenvalue weighted by Crippen LogP contribution is -1.85. The van der Waals surface area contributed by atoms with E-state index in [1.165, 1.54) is 167 Å². The van der Waals surface area contributed by atoms with Gasteiger partial charge in [-0.1, -0.05) is 195 Å². The van der Waals surface area contributed by atoms with Gasteiger partial charge in [0.1, 0.15) is 0 Å². The number of rotatable bonds is 18. The minimum atomic E-state index is -1.83. The molecule has 0 amide bonds. The van der Waals surface area contributed by atoms with Crippen molar-refractivity contribution in [1.29, 1.82) is 0 Å². The molecule has 0 radical (unpaired) electrons. The summed E-state index contributed by atoms with van der Waals surface area (Å²) in [7, 11) is 0. The molecule has 0 spiro atoms. The average Bonchev–Trinajstić information content (AvgIpc) is 2.88. The standard InChI is InChI=1S/2C12H26.C6H12.2CH2O3/c2*1-3-5-7-9-11-12-10-8-6-4-2;1-2-4-6-5-3-1;2*2-1(3)4/h2*3-12H2,1-2H3;1-6H2;2*(H2,2,3,4). The van der Waals surface area contributed by atoms with E-state index >= 15 is 0 Å². The lowest BCUT2D eigenvalue weighted by molar-refractivity contribution is 0.135. The van der Waals surface area contributed by atoms with E-state index in [9.17, 15) is 0 Å². The van der Waals surface area contributed by atoms with Crippen molar-refractivity contribution < 1.29 is 30.0 Å². The summed E-state index contributed by atoms with van der Waals surface area (Å²) in [4.78, 5) is 17.1. The molecular weight excluding hydrogens is 480 g/mol. The average molecular weight is 549 g/mol. The second kappa shape index (κ2) is 45.5. The molecule has 1 aliphatic carbocycles. The minimum Gasteiger partial charge on any atom is -0.450 e. The van der Waals surface area contributed by atoms with Crippen LogP contribution in [0.3, 0.4) is 0 Å². The molecule has 232 valence electrons. The quantitative estimate of drug-likeness (QED) is 0.127. The fourth-order valence-corrected chi connectivity index (χ4v) is 4.18. The first-order chi connectivity index (χ1) is 18.3. The highest BCUT2D eigenvalue weighted by atomic mass is 16.6. The summed E-state index contributed by atoms with van der Waals surface area (Å²) < 4.78 is 0. The van der Waals surface area contributed by atoms with Crippen LogP contribution in [0.15, 0.2) is 0 Å². The normalized spacial score (nSPS) is 11.7. The van der Waals surface area contributed by atoms with Crippen molar-refractivity contribution >= 4 is 12.3 Å². The van der Waals surface area contributed by atoms with Crippen LogP contribution >= 0.6 is 0 Å². The molecule has 0 atom stereocenters. The van der Waals surface area contributed by atoms with Gasteiger partial charge in [0.2, 0.25) is 0 Å². The van der Waals surface area contributed by atoms with Crippen LogP contribution in [-0.4, -0.2) is 32.7 Å². The Balaban J connectivity index is -0.000000206. The highest BCUT2D eigenvalue weighted by Crippen LogP contribution is 2.15. The van der Waals surface area contributed by atoms with Gasteiger partial charge >= 0.3 is 12.3 Å². The van der Waals surface area contributed by atoms with Crippen molar-refractivity contribution in [3.05, 3.63) is 0 Å². The Bertz CT molecular complexity index is 339. The van der Waals surface area contributed by atoms with Crippen molar-refractivity contribution in [2.24, 2.45) is 0 Å². The topological polar surface area (TPSA) is 115 Å². The molecule has 0 unspecified atom stereocenters. The molecule has 0 aromatic heterocycles. The lowest BCUT2D eigenvalue weighted by atomic mass is 10.0. The summed E-state index contributed by atoms with van der Waals surface area (Å²) in [6, 6.07) is 0. The maximum Gasteiger partial charge on any atom is 0.503 e. The molecule has 0 heterocycles. The van der Waals surface area contributed by atoms with Gasteiger partial charge in [-0.15, -0.1) is 0 Å². The van der Waals surface area contributed by atoms with Gasteiger partial charge < -0.3 is 20.4 Å². The van der Waals surface area contributed by atoms with Crippen molar-refractivity contribution in [3.63, 3.8) is 0 Å². The van der Waals surface area contributed by atoms with E-state index in [2.05, 4.69) is 27.7 Å². The summed E-state index contributed by atoms with van der Waals surface area (Å²) in [6.07, 6.45) is 34.2. The number of carbonyl (C=O) groups is 2. The zero-order valence-corrected chi connectivity index (χ0v) is 26.0. The molecule has 1 rings (SSSR count). The first kappa shape index (κ1) is 43.6. The Morgan fingerprint density at radius 1 is 0.342 bits per heavy atom. The molecule has 1 saturated carbocycles. The number of carboxylic acid groups (broad SMARTS) is 4. The van der Waals surface area contributed by atoms with Gasteiger partial charge in [-0.05, 0) is 0 Å². The monoisotopic (exact) mass is 549 g/mol. The van der Waals surface area contributed by atoms with Crippen LogP contribution in [0.2, 0.25) is 0 Å². The molecule has 1 fully saturated rings. The molecule has 4 N–H and O–H groups in total. The SMILES string of the molecule is C1CCCCC1.CCCCCCCCCCCC.CCCCCCCCCCCC.O=C(O)O.O=C(O)O. The van der Waals surface area contributed by atoms with E-state index in [4.69, 9.17) is 30.0 Å². The minimum absolute atomic E-state index is 1.37. The molecule has 0 aromatic rings. The molecule has 0 bridgehead atoms. The molecule has 0 saturated heterocycles. The van der Waals surface area contributed by atoms with E-state index in [1.807, 2.05) is 0 Å². The van der Waals surface area contributed by atoms with Crippen LogP contribution in [-0.2, 0) is 0 Å². The van der Waals surface area contributed by atoms with Gasteiger partial charge in [0.05, 0.1) is 0 Å². The molecule has 0 aliphatic heterocycles. The summed E-state index contributed by atoms with van der Waals surface area (Å²) in [5.41, 5.74) is 0. The maximum atomic E-state index is 8.56. The molecule has 6 heteroatoms. The van der Waals surface area contributed by atoms with Crippen molar-refractivity contribution in [1.82, 2.24) is 0 Å². The highest BCUT2D eigenvalue weighted by molar-refractivity contribution is 5.53. The van der Waals surface area contributed by atoms with Crippen LogP contribution in [0.5, 0.6) is 0 Å². The molecule has 0 aromatic carbocycles. The van der Waals surface area contributed by atoms with Gasteiger partial charge in [-0.3, -0.25) is 0 Å². The van der Waals surface area contributed by atoms with Crippen LogP contribution in [0, 0.1) is 0 Å². The Labute approximate surface area is 237 Å². The maximum absolute atomic E-state index is 8.56. The molecule has 6 nitrogen and oxygen atoms in total. The number of hydrogen-bond acceptors (Lipinski definition) is 2. The Kier molecular flexibility index (Phi) is 52.1. The summed E-state index contributed by atoms with van der Waals surface area (Å²) in [5.74, 6) is 0. The summed E-state index contributed by atoms with van der Waals surface area (Å²) in [6.45, 7) is 9.12. The van der Waals surface area contributed by atoms with E-state index < -0.39 is 12.3 Å². The third kappa shape index (κ3) is 76.5. The van der Waals surface area contributed by atoms with Crippen LogP contribution in [0.1, 0.15) is 195 Å². The van der Waals surface area contributed by atoms with Crippen molar-refractivity contribution in [3.8, 4) is 0 Å². The smallest absolute Gasteiger partial charge is 0.450 e. The number of hydrogen-bond donors (Lipinski definition) is 4. The second-order valence-electron chi connectivity index (χ2n) is 10.3. The van der Waals surface area contributed by atoms with Gasteiger partial charge in [0, 0.05) is 0 Å². The van der Waals surface area contributed by atoms with Gasteiger partial charge in [-0.2, -0.15) is 0 Å². The highest BCUT2D eigenvalue weighted by Gasteiger charge is 1.95. The predicted molar refractivity (Wildman–Crippen MR) is 164 cm³/mol. The Morgan fingerprint density at radius 2 is 0.447 bits per heavy atom. The lowest BCUT2D eigenvalue weighted by Gasteiger charge is -2.05. The van der Waals surface area contributed by atoms with Gasteiger partial charge in [0.25, 0.3) is 0 Å². The van der Waals surface area contributed by atoms with Crippen LogP contribution < -0.4 is 0 Å². The first-order valence-corrected chi connectivity index (χ1v) is 16.1. The van der Waals surface area contributed by atoms with Gasteiger partial charge in [-0.25, -0.2) is 9.59 Å². The predicted octanol–water partition coefficient (Wildman–Crippen LogP) is 12.6. The van der Waals surface area contributed by atoms with Crippen molar-refractivity contribution in [2.45, 2.75) is 195 Å². The van der Waals surface area contributed by atoms with Crippen LogP contribution in [0.25, 0.3) is 0 Å². The van der Waals surface area contributed by atoms with E-state index in [0.717, 1.165) is 0 Å². The van der Waals surface area contributed by atoms with Gasteiger partial charge in [0.15, 0.2) is 0 Å². The van der Waals surface area contributed by atoms with E-state index in [1.54, 1.807) is 0 Å². The summed E-state index contributed by atoms with van der Waals surface area (Å²) in [5, 5.41) is 27.9. The zero-order valence-electron chi connectivity index (χ0n) is 26.0. The fraction of sp³-hybridized carbons (Fsp3) is 0.938. The largest absolute Gasteiger partial charge is 0.503 e. The third-order valence-corrected chi connectivity index (χ3v) is 6.41. The fourth-order valence-electron chi connectivity index (χ4n) is 4.18. The second-order valence-corrected chi connectivity index (χ2v) is 10.3. The van der Waals surface area contributed by atoms with Crippen molar-refractivity contribution in [2.75, 3.05) is 0 Å². The molecule has 38 heavy (non-hydrogen) atoms. The third-order valence-electron chi connectivity index (χ3n) is 6.41. The summed E-state index contributed by atoms with van der Waals surface area (Å²) >= 11 is 0. The Hall–Kier alpha value is -1.46. The molecule has 1 aliphatic rings. The first-order valence-electron chi connectivity index (χ1n) is 16.1. The van der Waals surface area contributed by atoms with E-state index in [0.29, 0.717) is 0 Å². The van der Waals surface area contributed by atoms with E-state index in [-0.39, 0.29) is 0 Å².